The van der Waals surface area contributed by atoms with Crippen LogP contribution in [0.2, 0.25) is 0 Å². The Morgan fingerprint density at radius 3 is 3.20 bits per heavy atom. The molecule has 1 aromatic heterocycles. The molecule has 0 unspecified atom stereocenters. The Kier molecular flexibility index (Phi) is 1.45. The maximum absolute atomic E-state index is 11.0. The lowest BCUT2D eigenvalue weighted by molar-refractivity contribution is -0.114. The van der Waals surface area contributed by atoms with Gasteiger partial charge in [-0.15, -0.1) is 0 Å². The van der Waals surface area contributed by atoms with Gasteiger partial charge in [0.2, 0.25) is 0 Å². The van der Waals surface area contributed by atoms with Gasteiger partial charge < -0.3 is 10.5 Å². The van der Waals surface area contributed by atoms with E-state index in [1.54, 1.807) is 18.5 Å². The van der Waals surface area contributed by atoms with Crippen LogP contribution in [0.3, 0.4) is 0 Å². The van der Waals surface area contributed by atoms with Crippen LogP contribution in [0.15, 0.2) is 16.9 Å². The summed E-state index contributed by atoms with van der Waals surface area (Å²) >= 11 is 0. The van der Waals surface area contributed by atoms with Crippen molar-refractivity contribution in [2.24, 2.45) is 10.7 Å². The van der Waals surface area contributed by atoms with Crippen molar-refractivity contribution in [1.29, 1.82) is 0 Å². The maximum Gasteiger partial charge on any atom is 0.267 e. The Morgan fingerprint density at radius 1 is 1.53 bits per heavy atom. The molecule has 0 fully saturated rings. The lowest BCUT2D eigenvalue weighted by atomic mass is 10.2. The van der Waals surface area contributed by atoms with Gasteiger partial charge in [-0.2, -0.15) is 0 Å². The Labute approximate surface area is 84.6 Å². The topological polar surface area (TPSA) is 77.6 Å². The minimum absolute atomic E-state index is 0.242. The highest BCUT2D eigenvalue weighted by Crippen LogP contribution is 2.08. The summed E-state index contributed by atoms with van der Waals surface area (Å²) < 4.78 is 5.17. The van der Waals surface area contributed by atoms with Gasteiger partial charge in [0.05, 0.1) is 12.0 Å². The summed E-state index contributed by atoms with van der Waals surface area (Å²) in [6.07, 6.45) is 4.95. The highest BCUT2D eigenvalue weighted by atomic mass is 16.5. The number of primary amides is 1. The van der Waals surface area contributed by atoms with Gasteiger partial charge in [-0.1, -0.05) is 0 Å². The predicted molar refractivity (Wildman–Crippen MR) is 51.4 cm³/mol. The largest absolute Gasteiger partial charge is 0.496 e. The van der Waals surface area contributed by atoms with Crippen LogP contribution in [0, 0.1) is 0 Å². The lowest BCUT2D eigenvalue weighted by Crippen LogP contribution is -2.29. The minimum atomic E-state index is -0.541. The van der Waals surface area contributed by atoms with Crippen LogP contribution in [-0.4, -0.2) is 10.9 Å². The number of aromatic nitrogens is 1. The Morgan fingerprint density at radius 2 is 2.40 bits per heavy atom. The second-order valence-electron chi connectivity index (χ2n) is 3.37. The van der Waals surface area contributed by atoms with Crippen LogP contribution in [-0.2, 0) is 16.1 Å². The zero-order chi connectivity index (χ0) is 10.4. The molecule has 0 spiro atoms. The van der Waals surface area contributed by atoms with Crippen molar-refractivity contribution in [3.63, 3.8) is 0 Å². The first kappa shape index (κ1) is 8.16. The molecule has 5 nitrogen and oxygen atoms in total. The van der Waals surface area contributed by atoms with Crippen molar-refractivity contribution in [3.05, 3.63) is 33.7 Å². The molecule has 0 saturated carbocycles. The van der Waals surface area contributed by atoms with E-state index < -0.39 is 5.91 Å². The fourth-order valence-electron chi connectivity index (χ4n) is 1.66. The number of rotatable bonds is 1. The van der Waals surface area contributed by atoms with Gasteiger partial charge in [0.15, 0.2) is 0 Å². The SMILES string of the molecule is NC(=O)C1=Cc2ncc3c(c2=N1)=COC3. The van der Waals surface area contributed by atoms with Crippen molar-refractivity contribution >= 4 is 18.2 Å². The molecule has 3 heterocycles. The molecule has 0 radical (unpaired) electrons. The van der Waals surface area contributed by atoms with Crippen molar-refractivity contribution in [2.75, 3.05) is 0 Å². The molecule has 0 aliphatic carbocycles. The average molecular weight is 201 g/mol. The predicted octanol–water partition coefficient (Wildman–Crippen LogP) is -1.19. The Bertz CT molecular complexity index is 616. The molecule has 74 valence electrons. The highest BCUT2D eigenvalue weighted by Gasteiger charge is 2.16. The van der Waals surface area contributed by atoms with Crippen molar-refractivity contribution in [3.8, 4) is 0 Å². The first-order valence-electron chi connectivity index (χ1n) is 4.45. The van der Waals surface area contributed by atoms with Crippen LogP contribution >= 0.6 is 0 Å². The van der Waals surface area contributed by atoms with E-state index in [4.69, 9.17) is 10.5 Å². The number of carbonyl (C=O) groups excluding carboxylic acids is 1. The quantitative estimate of drug-likeness (QED) is 0.620. The van der Waals surface area contributed by atoms with Gasteiger partial charge in [-0.25, -0.2) is 4.99 Å². The van der Waals surface area contributed by atoms with Gasteiger partial charge in [0.1, 0.15) is 17.7 Å². The summed E-state index contributed by atoms with van der Waals surface area (Å²) in [6, 6.07) is 0. The third-order valence-corrected chi connectivity index (χ3v) is 2.40. The number of hydrogen-bond donors (Lipinski definition) is 1. The summed E-state index contributed by atoms with van der Waals surface area (Å²) in [5, 5.41) is 1.58. The van der Waals surface area contributed by atoms with Crippen LogP contribution < -0.4 is 16.3 Å². The molecular weight excluding hydrogens is 194 g/mol. The smallest absolute Gasteiger partial charge is 0.267 e. The van der Waals surface area contributed by atoms with E-state index in [9.17, 15) is 4.79 Å². The molecule has 0 saturated heterocycles. The minimum Gasteiger partial charge on any atom is -0.496 e. The average Bonchev–Trinajstić information content (AvgIpc) is 2.82. The van der Waals surface area contributed by atoms with Gasteiger partial charge in [0, 0.05) is 17.0 Å². The van der Waals surface area contributed by atoms with Gasteiger partial charge in [-0.3, -0.25) is 9.78 Å². The Balaban J connectivity index is 2.33. The first-order valence-corrected chi connectivity index (χ1v) is 4.45. The standard InChI is InChI=1S/C10H7N3O2/c11-10(14)8-1-7-9(13-8)6-4-15-3-5(6)2-12-7/h1-2,4H,3H2,(H2,11,14). The molecule has 3 rings (SSSR count). The summed E-state index contributed by atoms with van der Waals surface area (Å²) in [4.78, 5) is 19.3. The number of ether oxygens (including phenoxy) is 1. The number of fused-ring (bicyclic) bond motifs is 3. The molecule has 2 aliphatic heterocycles. The molecule has 0 atom stereocenters. The third kappa shape index (κ3) is 1.06. The number of amides is 1. The third-order valence-electron chi connectivity index (χ3n) is 2.40. The zero-order valence-corrected chi connectivity index (χ0v) is 7.73. The summed E-state index contributed by atoms with van der Waals surface area (Å²) in [6.45, 7) is 0.511. The fourth-order valence-corrected chi connectivity index (χ4v) is 1.66. The van der Waals surface area contributed by atoms with Gasteiger partial charge in [0.25, 0.3) is 5.91 Å². The first-order chi connectivity index (χ1) is 7.25. The molecule has 0 bridgehead atoms. The van der Waals surface area contributed by atoms with Crippen LogP contribution in [0.5, 0.6) is 0 Å². The van der Waals surface area contributed by atoms with E-state index in [-0.39, 0.29) is 5.70 Å². The van der Waals surface area contributed by atoms with Crippen LogP contribution in [0.25, 0.3) is 12.3 Å². The number of pyridine rings is 1. The molecule has 15 heavy (non-hydrogen) atoms. The van der Waals surface area contributed by atoms with E-state index in [0.29, 0.717) is 17.7 Å². The van der Waals surface area contributed by atoms with E-state index >= 15 is 0 Å². The second kappa shape index (κ2) is 2.66. The molecular formula is C10H7N3O2. The van der Waals surface area contributed by atoms with Gasteiger partial charge in [-0.05, 0) is 6.08 Å². The number of hydrogen-bond acceptors (Lipinski definition) is 4. The fraction of sp³-hybridized carbons (Fsp3) is 0.100. The maximum atomic E-state index is 11.0. The lowest BCUT2D eigenvalue weighted by Gasteiger charge is -1.92. The zero-order valence-electron chi connectivity index (χ0n) is 7.73. The number of carbonyl (C=O) groups is 1. The molecule has 2 N–H and O–H groups in total. The summed E-state index contributed by atoms with van der Waals surface area (Å²) in [5.41, 5.74) is 7.05. The molecule has 1 aromatic rings. The van der Waals surface area contributed by atoms with E-state index in [1.165, 1.54) is 0 Å². The van der Waals surface area contributed by atoms with Crippen molar-refractivity contribution < 1.29 is 9.53 Å². The van der Waals surface area contributed by atoms with Crippen molar-refractivity contribution in [1.82, 2.24) is 4.98 Å². The van der Waals surface area contributed by atoms with E-state index in [0.717, 1.165) is 10.8 Å². The molecule has 1 amide bonds. The molecule has 5 heteroatoms. The van der Waals surface area contributed by atoms with Crippen LogP contribution in [0.4, 0.5) is 0 Å². The van der Waals surface area contributed by atoms with Crippen LogP contribution in [0.1, 0.15) is 11.3 Å². The summed E-state index contributed by atoms with van der Waals surface area (Å²) in [7, 11) is 0. The number of nitrogens with two attached hydrogens (primary N) is 1. The molecule has 2 aliphatic rings. The number of nitrogens with zero attached hydrogens (tertiary/aromatic N) is 2. The summed E-state index contributed by atoms with van der Waals surface area (Å²) in [5.74, 6) is -0.541. The second-order valence-corrected chi connectivity index (χ2v) is 3.37. The van der Waals surface area contributed by atoms with Crippen molar-refractivity contribution in [2.45, 2.75) is 6.61 Å². The normalized spacial score (nSPS) is 15.6. The Hall–Kier alpha value is -2.17. The van der Waals surface area contributed by atoms with Gasteiger partial charge >= 0.3 is 0 Å². The van der Waals surface area contributed by atoms with E-state index in [1.807, 2.05) is 0 Å². The highest BCUT2D eigenvalue weighted by molar-refractivity contribution is 5.96. The molecule has 0 aromatic carbocycles. The monoisotopic (exact) mass is 201 g/mol. The van der Waals surface area contributed by atoms with E-state index in [2.05, 4.69) is 9.98 Å².